The smallest absolute Gasteiger partial charge is 0.335 e. The molecule has 6 nitrogen and oxygen atoms in total. The van der Waals surface area contributed by atoms with Gasteiger partial charge in [-0.1, -0.05) is 13.8 Å². The van der Waals surface area contributed by atoms with Gasteiger partial charge in [0.2, 0.25) is 10.0 Å². The number of hydrogen-bond acceptors (Lipinski definition) is 5. The fraction of sp³-hybridized carbons (Fsp3) is 0.364. The number of carbonyl (C=O) groups is 1. The highest BCUT2D eigenvalue weighted by atomic mass is 32.2. The summed E-state index contributed by atoms with van der Waals surface area (Å²) in [7, 11) is -4.03. The van der Waals surface area contributed by atoms with E-state index in [4.69, 9.17) is 10.2 Å². The van der Waals surface area contributed by atoms with Crippen molar-refractivity contribution in [3.05, 3.63) is 17.7 Å². The first-order valence-electron chi connectivity index (χ1n) is 5.50. The van der Waals surface area contributed by atoms with Gasteiger partial charge >= 0.3 is 5.97 Å². The van der Waals surface area contributed by atoms with Crippen LogP contribution in [-0.2, 0) is 10.0 Å². The summed E-state index contributed by atoms with van der Waals surface area (Å²) >= 11 is 4.11. The van der Waals surface area contributed by atoms with Crippen molar-refractivity contribution in [2.45, 2.75) is 23.6 Å². The summed E-state index contributed by atoms with van der Waals surface area (Å²) in [6.07, 6.45) is 0. The lowest BCUT2D eigenvalue weighted by Crippen LogP contribution is -2.16. The Kier molecular flexibility index (Phi) is 4.83. The van der Waals surface area contributed by atoms with E-state index in [-0.39, 0.29) is 15.4 Å². The number of anilines is 1. The van der Waals surface area contributed by atoms with Gasteiger partial charge in [0, 0.05) is 17.1 Å². The van der Waals surface area contributed by atoms with Crippen LogP contribution in [-0.4, -0.2) is 26.0 Å². The van der Waals surface area contributed by atoms with Crippen LogP contribution in [0.1, 0.15) is 24.2 Å². The molecule has 4 N–H and O–H groups in total. The lowest BCUT2D eigenvalue weighted by Gasteiger charge is -2.14. The van der Waals surface area contributed by atoms with Crippen molar-refractivity contribution < 1.29 is 18.3 Å². The molecule has 1 aromatic carbocycles. The number of carboxylic acid groups (broad SMARTS) is 1. The van der Waals surface area contributed by atoms with Gasteiger partial charge in [0.15, 0.2) is 0 Å². The zero-order valence-electron chi connectivity index (χ0n) is 10.5. The first-order valence-corrected chi connectivity index (χ1v) is 7.49. The van der Waals surface area contributed by atoms with Gasteiger partial charge in [-0.2, -0.15) is 0 Å². The number of nitrogens with one attached hydrogen (secondary N) is 1. The second kappa shape index (κ2) is 5.81. The van der Waals surface area contributed by atoms with Crippen LogP contribution >= 0.6 is 12.6 Å². The number of primary sulfonamides is 1. The average Bonchev–Trinajstić information content (AvgIpc) is 2.25. The molecule has 0 amide bonds. The van der Waals surface area contributed by atoms with Gasteiger partial charge in [-0.3, -0.25) is 0 Å². The molecule has 0 aliphatic rings. The quantitative estimate of drug-likeness (QED) is 0.615. The molecular formula is C11H16N2O4S2. The van der Waals surface area contributed by atoms with E-state index in [0.717, 1.165) is 6.07 Å². The minimum absolute atomic E-state index is 0.119. The van der Waals surface area contributed by atoms with E-state index in [9.17, 15) is 13.2 Å². The van der Waals surface area contributed by atoms with Gasteiger partial charge < -0.3 is 10.4 Å². The first kappa shape index (κ1) is 15.8. The second-order valence-electron chi connectivity index (χ2n) is 4.50. The highest BCUT2D eigenvalue weighted by Gasteiger charge is 2.19. The summed E-state index contributed by atoms with van der Waals surface area (Å²) in [6, 6.07) is 2.34. The SMILES string of the molecule is CC(C)CNc1cc(C(=O)O)cc(S(N)(=O)=O)c1S. The van der Waals surface area contributed by atoms with Crippen LogP contribution in [0.25, 0.3) is 0 Å². The van der Waals surface area contributed by atoms with Crippen LogP contribution in [0.15, 0.2) is 21.9 Å². The Labute approximate surface area is 117 Å². The zero-order chi connectivity index (χ0) is 14.8. The Bertz CT molecular complexity index is 597. The Morgan fingerprint density at radius 1 is 1.47 bits per heavy atom. The van der Waals surface area contributed by atoms with Crippen LogP contribution in [0, 0.1) is 5.92 Å². The Balaban J connectivity index is 3.38. The molecule has 0 atom stereocenters. The van der Waals surface area contributed by atoms with Crippen molar-refractivity contribution in [3.63, 3.8) is 0 Å². The fourth-order valence-corrected chi connectivity index (χ4v) is 2.66. The second-order valence-corrected chi connectivity index (χ2v) is 6.47. The molecule has 0 aliphatic heterocycles. The molecule has 0 aliphatic carbocycles. The van der Waals surface area contributed by atoms with Gasteiger partial charge in [-0.05, 0) is 18.1 Å². The maximum absolute atomic E-state index is 11.4. The molecule has 0 aromatic heterocycles. The van der Waals surface area contributed by atoms with Crippen LogP contribution < -0.4 is 10.5 Å². The van der Waals surface area contributed by atoms with Crippen LogP contribution in [0.4, 0.5) is 5.69 Å². The van der Waals surface area contributed by atoms with Gasteiger partial charge in [0.1, 0.15) is 0 Å². The van der Waals surface area contributed by atoms with Crippen molar-refractivity contribution in [1.82, 2.24) is 0 Å². The van der Waals surface area contributed by atoms with Crippen molar-refractivity contribution in [3.8, 4) is 0 Å². The molecule has 0 bridgehead atoms. The van der Waals surface area contributed by atoms with E-state index in [1.807, 2.05) is 13.8 Å². The monoisotopic (exact) mass is 304 g/mol. The standard InChI is InChI=1S/C11H16N2O4S2/c1-6(2)5-13-8-3-7(11(14)15)4-9(10(8)18)19(12,16)17/h3-4,6,13,18H,5H2,1-2H3,(H,14,15)(H2,12,16,17). The minimum Gasteiger partial charge on any atom is -0.478 e. The van der Waals surface area contributed by atoms with Crippen molar-refractivity contribution >= 4 is 34.3 Å². The molecule has 1 aromatic rings. The molecule has 0 unspecified atom stereocenters. The highest BCUT2D eigenvalue weighted by molar-refractivity contribution is 7.90. The van der Waals surface area contributed by atoms with Crippen LogP contribution in [0.3, 0.4) is 0 Å². The topological polar surface area (TPSA) is 109 Å². The number of aromatic carboxylic acids is 1. The highest BCUT2D eigenvalue weighted by Crippen LogP contribution is 2.29. The number of thiol groups is 1. The maximum Gasteiger partial charge on any atom is 0.335 e. The molecule has 0 radical (unpaired) electrons. The van der Waals surface area contributed by atoms with Crippen molar-refractivity contribution in [2.75, 3.05) is 11.9 Å². The van der Waals surface area contributed by atoms with E-state index < -0.39 is 16.0 Å². The maximum atomic E-state index is 11.4. The average molecular weight is 304 g/mol. The predicted octanol–water partition coefficient (Wildman–Crippen LogP) is 1.39. The lowest BCUT2D eigenvalue weighted by atomic mass is 10.1. The largest absolute Gasteiger partial charge is 0.478 e. The summed E-state index contributed by atoms with van der Waals surface area (Å²) in [6.45, 7) is 4.49. The first-order chi connectivity index (χ1) is 8.62. The molecule has 0 spiro atoms. The molecule has 1 rings (SSSR count). The molecule has 0 fully saturated rings. The number of carboxylic acids is 1. The molecule has 19 heavy (non-hydrogen) atoms. The third-order valence-corrected chi connectivity index (χ3v) is 3.90. The Morgan fingerprint density at radius 2 is 2.05 bits per heavy atom. The summed E-state index contributed by atoms with van der Waals surface area (Å²) in [5, 5.41) is 17.0. The lowest BCUT2D eigenvalue weighted by molar-refractivity contribution is 0.0696. The van der Waals surface area contributed by atoms with Gasteiger partial charge in [-0.25, -0.2) is 18.4 Å². The summed E-state index contributed by atoms with van der Waals surface area (Å²) in [5.74, 6) is -0.926. The molecule has 0 saturated heterocycles. The zero-order valence-corrected chi connectivity index (χ0v) is 12.3. The number of benzene rings is 1. The Hall–Kier alpha value is -1.25. The predicted molar refractivity (Wildman–Crippen MR) is 75.4 cm³/mol. The van der Waals surface area contributed by atoms with E-state index in [1.54, 1.807) is 0 Å². The van der Waals surface area contributed by atoms with E-state index in [0.29, 0.717) is 18.2 Å². The van der Waals surface area contributed by atoms with E-state index in [2.05, 4.69) is 17.9 Å². The molecule has 0 heterocycles. The van der Waals surface area contributed by atoms with Gasteiger partial charge in [-0.15, -0.1) is 12.6 Å². The molecule has 8 heteroatoms. The van der Waals surface area contributed by atoms with Crippen molar-refractivity contribution in [2.24, 2.45) is 11.1 Å². The third-order valence-electron chi connectivity index (χ3n) is 2.33. The number of nitrogens with two attached hydrogens (primary N) is 1. The van der Waals surface area contributed by atoms with Gasteiger partial charge in [0.25, 0.3) is 0 Å². The normalized spacial score (nSPS) is 11.6. The molecule has 0 saturated carbocycles. The summed E-state index contributed by atoms with van der Waals surface area (Å²) < 4.78 is 22.9. The third kappa shape index (κ3) is 4.12. The number of hydrogen-bond donors (Lipinski definition) is 4. The van der Waals surface area contributed by atoms with Crippen LogP contribution in [0.2, 0.25) is 0 Å². The van der Waals surface area contributed by atoms with Crippen molar-refractivity contribution in [1.29, 1.82) is 0 Å². The number of rotatable bonds is 5. The Morgan fingerprint density at radius 3 is 2.47 bits per heavy atom. The summed E-state index contributed by atoms with van der Waals surface area (Å²) in [5.41, 5.74) is 0.175. The van der Waals surface area contributed by atoms with Gasteiger partial charge in [0.05, 0.1) is 10.5 Å². The fourth-order valence-electron chi connectivity index (χ4n) is 1.40. The summed E-state index contributed by atoms with van der Waals surface area (Å²) in [4.78, 5) is 10.8. The minimum atomic E-state index is -4.03. The number of sulfonamides is 1. The van der Waals surface area contributed by atoms with E-state index in [1.165, 1.54) is 6.07 Å². The molecular weight excluding hydrogens is 288 g/mol. The molecule has 106 valence electrons. The van der Waals surface area contributed by atoms with E-state index >= 15 is 0 Å². The van der Waals surface area contributed by atoms with Crippen LogP contribution in [0.5, 0.6) is 0 Å².